The van der Waals surface area contributed by atoms with Gasteiger partial charge < -0.3 is 4.74 Å². The highest BCUT2D eigenvalue weighted by Gasteiger charge is 2.18. The number of esters is 1. The second-order valence-corrected chi connectivity index (χ2v) is 7.95. The molecule has 0 fully saturated rings. The van der Waals surface area contributed by atoms with E-state index >= 15 is 0 Å². The Morgan fingerprint density at radius 1 is 1.00 bits per heavy atom. The van der Waals surface area contributed by atoms with Gasteiger partial charge in [0, 0.05) is 25.6 Å². The van der Waals surface area contributed by atoms with Crippen molar-refractivity contribution >= 4 is 37.8 Å². The summed E-state index contributed by atoms with van der Waals surface area (Å²) in [5, 5.41) is 4.82. The number of aromatic nitrogens is 2. The molecular formula is C21H20Br2N2O2. The van der Waals surface area contributed by atoms with Gasteiger partial charge in [-0.15, -0.1) is 0 Å². The van der Waals surface area contributed by atoms with Gasteiger partial charge in [-0.1, -0.05) is 56.1 Å². The van der Waals surface area contributed by atoms with Crippen molar-refractivity contribution in [2.45, 2.75) is 26.8 Å². The van der Waals surface area contributed by atoms with Crippen LogP contribution in [0, 0.1) is 6.92 Å². The van der Waals surface area contributed by atoms with Crippen LogP contribution in [-0.4, -0.2) is 22.4 Å². The molecule has 0 saturated heterocycles. The van der Waals surface area contributed by atoms with Crippen molar-refractivity contribution in [2.75, 3.05) is 6.61 Å². The highest BCUT2D eigenvalue weighted by Crippen LogP contribution is 2.33. The average molecular weight is 492 g/mol. The molecule has 0 saturated carbocycles. The minimum Gasteiger partial charge on any atom is -0.466 e. The smallest absolute Gasteiger partial charge is 0.307 e. The second kappa shape index (κ2) is 8.85. The van der Waals surface area contributed by atoms with Crippen molar-refractivity contribution in [3.63, 3.8) is 0 Å². The number of halogens is 2. The first-order chi connectivity index (χ1) is 13.0. The van der Waals surface area contributed by atoms with Crippen molar-refractivity contribution in [2.24, 2.45) is 0 Å². The van der Waals surface area contributed by atoms with Gasteiger partial charge in [-0.05, 0) is 38.1 Å². The number of nitrogens with zero attached hydrogens (tertiary/aromatic N) is 2. The van der Waals surface area contributed by atoms with Crippen LogP contribution >= 0.6 is 31.9 Å². The minimum atomic E-state index is -0.211. The molecule has 4 nitrogen and oxygen atoms in total. The number of carbonyl (C=O) groups excluding carboxylic acids is 1. The second-order valence-electron chi connectivity index (χ2n) is 6.11. The van der Waals surface area contributed by atoms with E-state index in [2.05, 4.69) is 50.9 Å². The first kappa shape index (κ1) is 19.8. The number of ether oxygens (including phenoxy) is 1. The van der Waals surface area contributed by atoms with E-state index < -0.39 is 0 Å². The Labute approximate surface area is 175 Å². The van der Waals surface area contributed by atoms with Crippen molar-refractivity contribution in [1.82, 2.24) is 9.78 Å². The van der Waals surface area contributed by atoms with Gasteiger partial charge in [0.1, 0.15) is 0 Å². The zero-order valence-electron chi connectivity index (χ0n) is 15.2. The lowest BCUT2D eigenvalue weighted by Gasteiger charge is -2.09. The lowest BCUT2D eigenvalue weighted by atomic mass is 10.0. The van der Waals surface area contributed by atoms with E-state index in [4.69, 9.17) is 9.84 Å². The number of hydrogen-bond donors (Lipinski definition) is 0. The summed E-state index contributed by atoms with van der Waals surface area (Å²) in [5.74, 6) is -0.211. The number of rotatable bonds is 6. The Kier molecular flexibility index (Phi) is 6.50. The summed E-state index contributed by atoms with van der Waals surface area (Å²) in [4.78, 5) is 11.8. The Morgan fingerprint density at radius 3 is 2.11 bits per heavy atom. The Morgan fingerprint density at radius 2 is 1.56 bits per heavy atom. The lowest BCUT2D eigenvalue weighted by Crippen LogP contribution is -2.11. The van der Waals surface area contributed by atoms with Gasteiger partial charge in [0.25, 0.3) is 0 Å². The van der Waals surface area contributed by atoms with Gasteiger partial charge in [-0.2, -0.15) is 5.10 Å². The van der Waals surface area contributed by atoms with E-state index in [1.807, 2.05) is 48.0 Å². The SMILES string of the molecule is CCOC(=O)CCn1nc(-c2ccc(Br)cc2)c(C)c1-c1ccc(Br)cc1. The molecule has 0 amide bonds. The van der Waals surface area contributed by atoms with Gasteiger partial charge >= 0.3 is 5.97 Å². The van der Waals surface area contributed by atoms with Crippen molar-refractivity contribution < 1.29 is 9.53 Å². The molecule has 6 heteroatoms. The summed E-state index contributed by atoms with van der Waals surface area (Å²) in [6, 6.07) is 16.2. The normalized spacial score (nSPS) is 10.8. The van der Waals surface area contributed by atoms with Crippen LogP contribution in [0.25, 0.3) is 22.5 Å². The van der Waals surface area contributed by atoms with Crippen LogP contribution < -0.4 is 0 Å². The average Bonchev–Trinajstić information content (AvgIpc) is 2.98. The quantitative estimate of drug-likeness (QED) is 0.397. The zero-order chi connectivity index (χ0) is 19.4. The summed E-state index contributed by atoms with van der Waals surface area (Å²) in [6.07, 6.45) is 0.290. The van der Waals surface area contributed by atoms with Gasteiger partial charge in [0.15, 0.2) is 0 Å². The highest BCUT2D eigenvalue weighted by molar-refractivity contribution is 9.10. The standard InChI is InChI=1S/C21H20Br2N2O2/c1-3-27-19(26)12-13-25-21(16-6-10-18(23)11-7-16)14(2)20(24-25)15-4-8-17(22)9-5-15/h4-11H,3,12-13H2,1-2H3. The largest absolute Gasteiger partial charge is 0.466 e. The topological polar surface area (TPSA) is 44.1 Å². The third-order valence-corrected chi connectivity index (χ3v) is 5.31. The molecule has 140 valence electrons. The Bertz CT molecular complexity index is 932. The molecule has 27 heavy (non-hydrogen) atoms. The number of hydrogen-bond acceptors (Lipinski definition) is 3. The molecule has 0 N–H and O–H groups in total. The predicted octanol–water partition coefficient (Wildman–Crippen LogP) is 6.00. The fourth-order valence-corrected chi connectivity index (χ4v) is 3.53. The maximum atomic E-state index is 11.8. The Hall–Kier alpha value is -1.92. The van der Waals surface area contributed by atoms with E-state index in [1.165, 1.54) is 0 Å². The van der Waals surface area contributed by atoms with Crippen LogP contribution in [0.5, 0.6) is 0 Å². The van der Waals surface area contributed by atoms with Gasteiger partial charge in [0.2, 0.25) is 0 Å². The molecule has 0 aliphatic rings. The molecular weight excluding hydrogens is 472 g/mol. The first-order valence-corrected chi connectivity index (χ1v) is 10.3. The van der Waals surface area contributed by atoms with Crippen LogP contribution in [0.4, 0.5) is 0 Å². The summed E-state index contributed by atoms with van der Waals surface area (Å²) in [6.45, 7) is 4.75. The summed E-state index contributed by atoms with van der Waals surface area (Å²) < 4.78 is 9.03. The molecule has 0 bridgehead atoms. The van der Waals surface area contributed by atoms with Crippen molar-refractivity contribution in [3.8, 4) is 22.5 Å². The lowest BCUT2D eigenvalue weighted by molar-refractivity contribution is -0.143. The zero-order valence-corrected chi connectivity index (χ0v) is 18.4. The third kappa shape index (κ3) is 4.68. The summed E-state index contributed by atoms with van der Waals surface area (Å²) in [5.41, 5.74) is 5.14. The van der Waals surface area contributed by atoms with E-state index in [-0.39, 0.29) is 12.4 Å². The first-order valence-electron chi connectivity index (χ1n) is 8.74. The van der Waals surface area contributed by atoms with E-state index in [1.54, 1.807) is 0 Å². The molecule has 1 aromatic heterocycles. The molecule has 0 aliphatic carbocycles. The summed E-state index contributed by atoms with van der Waals surface area (Å²) in [7, 11) is 0. The Balaban J connectivity index is 2.03. The van der Waals surface area contributed by atoms with Gasteiger partial charge in [-0.25, -0.2) is 0 Å². The maximum absolute atomic E-state index is 11.8. The van der Waals surface area contributed by atoms with Crippen LogP contribution in [0.1, 0.15) is 18.9 Å². The minimum absolute atomic E-state index is 0.211. The fourth-order valence-electron chi connectivity index (χ4n) is 3.00. The number of carbonyl (C=O) groups is 1. The maximum Gasteiger partial charge on any atom is 0.307 e. The van der Waals surface area contributed by atoms with E-state index in [0.717, 1.165) is 37.0 Å². The molecule has 0 aliphatic heterocycles. The van der Waals surface area contributed by atoms with Crippen molar-refractivity contribution in [3.05, 3.63) is 63.0 Å². The molecule has 3 rings (SSSR count). The number of benzene rings is 2. The van der Waals surface area contributed by atoms with Crippen molar-refractivity contribution in [1.29, 1.82) is 0 Å². The summed E-state index contributed by atoms with van der Waals surface area (Å²) >= 11 is 6.96. The van der Waals surface area contributed by atoms with Gasteiger partial charge in [-0.3, -0.25) is 9.48 Å². The highest BCUT2D eigenvalue weighted by atomic mass is 79.9. The van der Waals surface area contributed by atoms with E-state index in [9.17, 15) is 4.79 Å². The van der Waals surface area contributed by atoms with Crippen LogP contribution in [-0.2, 0) is 16.1 Å². The monoisotopic (exact) mass is 490 g/mol. The fraction of sp³-hybridized carbons (Fsp3) is 0.238. The molecule has 0 atom stereocenters. The van der Waals surface area contributed by atoms with Crippen LogP contribution in [0.3, 0.4) is 0 Å². The third-order valence-electron chi connectivity index (χ3n) is 4.26. The molecule has 1 heterocycles. The molecule has 0 spiro atoms. The molecule has 0 unspecified atom stereocenters. The van der Waals surface area contributed by atoms with Crippen LogP contribution in [0.15, 0.2) is 57.5 Å². The van der Waals surface area contributed by atoms with E-state index in [0.29, 0.717) is 13.2 Å². The molecule has 3 aromatic rings. The van der Waals surface area contributed by atoms with Gasteiger partial charge in [0.05, 0.1) is 31.0 Å². The molecule has 2 aromatic carbocycles. The predicted molar refractivity (Wildman–Crippen MR) is 114 cm³/mol. The number of aryl methyl sites for hydroxylation is 1. The molecule has 0 radical (unpaired) electrons. The van der Waals surface area contributed by atoms with Crippen LogP contribution in [0.2, 0.25) is 0 Å².